The molecule has 172 valence electrons. The van der Waals surface area contributed by atoms with Crippen molar-refractivity contribution >= 4 is 11.7 Å². The van der Waals surface area contributed by atoms with Gasteiger partial charge in [-0.1, -0.05) is 60.7 Å². The summed E-state index contributed by atoms with van der Waals surface area (Å²) >= 11 is 0. The maximum absolute atomic E-state index is 13.1. The molecule has 1 heterocycles. The summed E-state index contributed by atoms with van der Waals surface area (Å²) in [7, 11) is 0. The van der Waals surface area contributed by atoms with Gasteiger partial charge in [-0.2, -0.15) is 0 Å². The molecule has 3 aromatic rings. The van der Waals surface area contributed by atoms with E-state index in [0.29, 0.717) is 19.7 Å². The highest BCUT2D eigenvalue weighted by Gasteiger charge is 2.17. The Morgan fingerprint density at radius 2 is 1.55 bits per heavy atom. The maximum Gasteiger partial charge on any atom is 0.322 e. The number of nitrogens with one attached hydrogen (secondary N) is 1. The molecule has 0 unspecified atom stereocenters. The van der Waals surface area contributed by atoms with Crippen LogP contribution < -0.4 is 10.1 Å². The number of nitrogens with zero attached hydrogens (tertiary/aromatic N) is 2. The molecule has 0 spiro atoms. The van der Waals surface area contributed by atoms with Gasteiger partial charge < -0.3 is 19.7 Å². The number of hydrogen-bond acceptors (Lipinski definition) is 4. The molecule has 1 aliphatic rings. The van der Waals surface area contributed by atoms with Crippen LogP contribution in [0.3, 0.4) is 0 Å². The van der Waals surface area contributed by atoms with Crippen LogP contribution in [-0.4, -0.2) is 55.2 Å². The lowest BCUT2D eigenvalue weighted by Gasteiger charge is -2.30. The number of hydrogen-bond donors (Lipinski definition) is 1. The molecule has 1 fully saturated rings. The smallest absolute Gasteiger partial charge is 0.322 e. The van der Waals surface area contributed by atoms with E-state index in [1.807, 2.05) is 89.8 Å². The van der Waals surface area contributed by atoms with E-state index in [1.165, 1.54) is 0 Å². The minimum atomic E-state index is -0.0983. The molecule has 0 aliphatic carbocycles. The number of ether oxygens (including phenoxy) is 2. The van der Waals surface area contributed by atoms with Gasteiger partial charge in [0.2, 0.25) is 0 Å². The van der Waals surface area contributed by atoms with Gasteiger partial charge in [0.25, 0.3) is 0 Å². The van der Waals surface area contributed by atoms with Crippen molar-refractivity contribution in [2.24, 2.45) is 0 Å². The molecule has 3 aromatic carbocycles. The standard InChI is InChI=1S/C27H31N3O3/c31-27(28-25-9-5-2-6-10-25)30(16-15-29-17-19-32-20-18-29)21-23-11-13-26(14-12-23)33-22-24-7-3-1-4-8-24/h1-14H,15-22H2,(H,28,31). The van der Waals surface area contributed by atoms with Gasteiger partial charge in [-0.25, -0.2) is 4.79 Å². The second-order valence-corrected chi connectivity index (χ2v) is 8.09. The van der Waals surface area contributed by atoms with Crippen molar-refractivity contribution in [2.75, 3.05) is 44.7 Å². The Morgan fingerprint density at radius 3 is 2.24 bits per heavy atom. The Balaban J connectivity index is 1.37. The van der Waals surface area contributed by atoms with E-state index in [-0.39, 0.29) is 6.03 Å². The third-order valence-electron chi connectivity index (χ3n) is 5.65. The topological polar surface area (TPSA) is 54.0 Å². The van der Waals surface area contributed by atoms with Crippen molar-refractivity contribution in [1.82, 2.24) is 9.80 Å². The summed E-state index contributed by atoms with van der Waals surface area (Å²) in [6.07, 6.45) is 0. The summed E-state index contributed by atoms with van der Waals surface area (Å²) in [5.41, 5.74) is 2.99. The Kier molecular flexibility index (Phi) is 8.33. The van der Waals surface area contributed by atoms with Crippen LogP contribution in [-0.2, 0) is 17.9 Å². The predicted molar refractivity (Wildman–Crippen MR) is 130 cm³/mol. The monoisotopic (exact) mass is 445 g/mol. The van der Waals surface area contributed by atoms with Gasteiger partial charge in [0.05, 0.1) is 13.2 Å². The van der Waals surface area contributed by atoms with Gasteiger partial charge in [-0.15, -0.1) is 0 Å². The van der Waals surface area contributed by atoms with Gasteiger partial charge in [0.1, 0.15) is 12.4 Å². The fourth-order valence-electron chi connectivity index (χ4n) is 3.72. The van der Waals surface area contributed by atoms with Crippen molar-refractivity contribution in [2.45, 2.75) is 13.2 Å². The molecule has 6 nitrogen and oxygen atoms in total. The zero-order valence-corrected chi connectivity index (χ0v) is 18.9. The first-order valence-electron chi connectivity index (χ1n) is 11.4. The van der Waals surface area contributed by atoms with Gasteiger partial charge >= 0.3 is 6.03 Å². The zero-order chi connectivity index (χ0) is 22.7. The summed E-state index contributed by atoms with van der Waals surface area (Å²) in [6.45, 7) is 5.84. The maximum atomic E-state index is 13.1. The molecule has 0 bridgehead atoms. The van der Waals surface area contributed by atoms with E-state index in [1.54, 1.807) is 0 Å². The van der Waals surface area contributed by atoms with Gasteiger partial charge in [-0.05, 0) is 35.4 Å². The van der Waals surface area contributed by atoms with E-state index in [0.717, 1.165) is 55.4 Å². The predicted octanol–water partition coefficient (Wildman–Crippen LogP) is 4.63. The Morgan fingerprint density at radius 1 is 0.879 bits per heavy atom. The first kappa shape index (κ1) is 22.8. The SMILES string of the molecule is O=C(Nc1ccccc1)N(CCN1CCOCC1)Cc1ccc(OCc2ccccc2)cc1. The zero-order valence-electron chi connectivity index (χ0n) is 18.9. The van der Waals surface area contributed by atoms with Crippen LogP contribution in [0.2, 0.25) is 0 Å². The number of benzene rings is 3. The normalized spacial score (nSPS) is 13.9. The number of carbonyl (C=O) groups is 1. The molecule has 1 aliphatic heterocycles. The molecule has 0 radical (unpaired) electrons. The fraction of sp³-hybridized carbons (Fsp3) is 0.296. The molecule has 33 heavy (non-hydrogen) atoms. The molecule has 0 aromatic heterocycles. The minimum absolute atomic E-state index is 0.0983. The first-order valence-corrected chi connectivity index (χ1v) is 11.4. The molecular formula is C27H31N3O3. The van der Waals surface area contributed by atoms with E-state index in [9.17, 15) is 4.79 Å². The van der Waals surface area contributed by atoms with Crippen LogP contribution in [0.4, 0.5) is 10.5 Å². The molecule has 1 N–H and O–H groups in total. The van der Waals surface area contributed by atoms with E-state index in [4.69, 9.17) is 9.47 Å². The average molecular weight is 446 g/mol. The number of carbonyl (C=O) groups excluding carboxylic acids is 1. The van der Waals surface area contributed by atoms with Crippen molar-refractivity contribution in [3.05, 3.63) is 96.1 Å². The number of urea groups is 1. The molecule has 4 rings (SSSR count). The summed E-state index contributed by atoms with van der Waals surface area (Å²) in [5, 5.41) is 3.02. The lowest BCUT2D eigenvalue weighted by Crippen LogP contribution is -2.44. The first-order chi connectivity index (χ1) is 16.3. The van der Waals surface area contributed by atoms with Crippen molar-refractivity contribution in [3.8, 4) is 5.75 Å². The third kappa shape index (κ3) is 7.34. The summed E-state index contributed by atoms with van der Waals surface area (Å²) in [6, 6.07) is 27.6. The van der Waals surface area contributed by atoms with E-state index >= 15 is 0 Å². The largest absolute Gasteiger partial charge is 0.489 e. The van der Waals surface area contributed by atoms with E-state index in [2.05, 4.69) is 10.2 Å². The highest BCUT2D eigenvalue weighted by Crippen LogP contribution is 2.16. The molecule has 1 saturated heterocycles. The minimum Gasteiger partial charge on any atom is -0.489 e. The molecular weight excluding hydrogens is 414 g/mol. The number of anilines is 1. The van der Waals surface area contributed by atoms with Crippen LogP contribution in [0.25, 0.3) is 0 Å². The number of morpholine rings is 1. The van der Waals surface area contributed by atoms with Crippen LogP contribution in [0.1, 0.15) is 11.1 Å². The summed E-state index contributed by atoms with van der Waals surface area (Å²) in [5.74, 6) is 0.816. The van der Waals surface area contributed by atoms with Crippen LogP contribution in [0.15, 0.2) is 84.9 Å². The number of amides is 2. The highest BCUT2D eigenvalue weighted by atomic mass is 16.5. The van der Waals surface area contributed by atoms with Gasteiger partial charge in [0, 0.05) is 38.4 Å². The quantitative estimate of drug-likeness (QED) is 0.522. The Labute approximate surface area is 195 Å². The van der Waals surface area contributed by atoms with Crippen molar-refractivity contribution in [1.29, 1.82) is 0 Å². The third-order valence-corrected chi connectivity index (χ3v) is 5.65. The van der Waals surface area contributed by atoms with Crippen LogP contribution in [0.5, 0.6) is 5.75 Å². The number of rotatable bonds is 9. The Bertz CT molecular complexity index is 975. The average Bonchev–Trinajstić information content (AvgIpc) is 2.88. The Hall–Kier alpha value is -3.35. The highest BCUT2D eigenvalue weighted by molar-refractivity contribution is 5.89. The van der Waals surface area contributed by atoms with Gasteiger partial charge in [-0.3, -0.25) is 4.90 Å². The second-order valence-electron chi connectivity index (χ2n) is 8.09. The van der Waals surface area contributed by atoms with Crippen LogP contribution >= 0.6 is 0 Å². The van der Waals surface area contributed by atoms with E-state index < -0.39 is 0 Å². The number of para-hydroxylation sites is 1. The molecule has 0 atom stereocenters. The van der Waals surface area contributed by atoms with Crippen molar-refractivity contribution < 1.29 is 14.3 Å². The summed E-state index contributed by atoms with van der Waals surface area (Å²) < 4.78 is 11.3. The lowest BCUT2D eigenvalue weighted by atomic mass is 10.2. The fourth-order valence-corrected chi connectivity index (χ4v) is 3.72. The molecule has 6 heteroatoms. The molecule has 2 amide bonds. The lowest BCUT2D eigenvalue weighted by molar-refractivity contribution is 0.0349. The second kappa shape index (κ2) is 12.0. The van der Waals surface area contributed by atoms with Crippen molar-refractivity contribution in [3.63, 3.8) is 0 Å². The summed E-state index contributed by atoms with van der Waals surface area (Å²) in [4.78, 5) is 17.3. The molecule has 0 saturated carbocycles. The van der Waals surface area contributed by atoms with Gasteiger partial charge in [0.15, 0.2) is 0 Å². The van der Waals surface area contributed by atoms with Crippen LogP contribution in [0, 0.1) is 0 Å².